The van der Waals surface area contributed by atoms with Crippen molar-refractivity contribution in [3.63, 3.8) is 0 Å². The summed E-state index contributed by atoms with van der Waals surface area (Å²) in [5, 5.41) is 11.2. The van der Waals surface area contributed by atoms with Crippen LogP contribution in [0, 0.1) is 0 Å². The number of rotatable bonds is 10. The first-order valence-electron chi connectivity index (χ1n) is 11.2. The van der Waals surface area contributed by atoms with Crippen LogP contribution in [0.4, 0.5) is 5.69 Å². The number of fused-ring (bicyclic) bond motifs is 1. The Balaban J connectivity index is 0.00000324. The molecule has 0 saturated heterocycles. The number of ether oxygens (including phenoxy) is 3. The fourth-order valence-corrected chi connectivity index (χ4v) is 3.96. The maximum Gasteiger partial charge on any atom is 1.00 e. The monoisotopic (exact) mass is 469 g/mol. The Bertz CT molecular complexity index is 1040. The van der Waals surface area contributed by atoms with Gasteiger partial charge in [0.15, 0.2) is 6.10 Å². The number of carboxylic acid groups (broad SMARTS) is 1. The minimum absolute atomic E-state index is 0. The van der Waals surface area contributed by atoms with Crippen LogP contribution in [-0.2, 0) is 22.5 Å². The molecular formula is C27H28NNaO5. The number of nitrogens with zero attached hydrogens (tertiary/aromatic N) is 1. The predicted molar refractivity (Wildman–Crippen MR) is 124 cm³/mol. The number of benzene rings is 3. The number of para-hydroxylation sites is 2. The van der Waals surface area contributed by atoms with Gasteiger partial charge in [-0.25, -0.2) is 0 Å². The van der Waals surface area contributed by atoms with E-state index in [0.717, 1.165) is 23.5 Å². The fourth-order valence-electron chi connectivity index (χ4n) is 3.96. The maximum atomic E-state index is 11.2. The molecule has 0 amide bonds. The maximum absolute atomic E-state index is 11.2. The van der Waals surface area contributed by atoms with E-state index in [-0.39, 0.29) is 42.1 Å². The van der Waals surface area contributed by atoms with Crippen LogP contribution in [-0.4, -0.2) is 37.9 Å². The molecule has 0 aliphatic carbocycles. The van der Waals surface area contributed by atoms with Gasteiger partial charge in [-0.15, -0.1) is 0 Å². The van der Waals surface area contributed by atoms with Crippen LogP contribution >= 0.6 is 0 Å². The van der Waals surface area contributed by atoms with Crippen LogP contribution in [0.1, 0.15) is 18.1 Å². The molecule has 0 radical (unpaired) electrons. The van der Waals surface area contributed by atoms with E-state index in [2.05, 4.69) is 35.2 Å². The van der Waals surface area contributed by atoms with Crippen molar-refractivity contribution < 1.29 is 53.7 Å². The first-order valence-corrected chi connectivity index (χ1v) is 11.2. The standard InChI is InChI=1S/C27H29NO5.Na/c1-2-31-26(27(29)30)16-20-12-14-22(15-13-20)32-19-23-18-28(17-21-8-4-3-5-9-21)24-10-6-7-11-25(24)33-23;/h3-15,23,26H,2,16-19H2,1H3,(H,29,30);/q;+1/p-1. The molecule has 0 aromatic heterocycles. The van der Waals surface area contributed by atoms with E-state index in [1.165, 1.54) is 5.56 Å². The summed E-state index contributed by atoms with van der Waals surface area (Å²) in [7, 11) is 0. The second kappa shape index (κ2) is 12.8. The normalized spacial score (nSPS) is 15.4. The quantitative estimate of drug-likeness (QED) is 0.396. The molecular weight excluding hydrogens is 441 g/mol. The third kappa shape index (κ3) is 7.00. The van der Waals surface area contributed by atoms with Crippen LogP contribution in [0.5, 0.6) is 11.5 Å². The van der Waals surface area contributed by atoms with Crippen molar-refractivity contribution in [2.45, 2.75) is 32.1 Å². The molecule has 1 heterocycles. The zero-order valence-corrected chi connectivity index (χ0v) is 21.7. The Labute approximate surface area is 222 Å². The molecule has 0 N–H and O–H groups in total. The summed E-state index contributed by atoms with van der Waals surface area (Å²) in [6.45, 7) is 4.00. The van der Waals surface area contributed by atoms with Gasteiger partial charge in [0, 0.05) is 19.6 Å². The summed E-state index contributed by atoms with van der Waals surface area (Å²) in [4.78, 5) is 13.5. The van der Waals surface area contributed by atoms with Gasteiger partial charge in [-0.05, 0) is 42.3 Å². The smallest absolute Gasteiger partial charge is 0.547 e. The van der Waals surface area contributed by atoms with Crippen molar-refractivity contribution in [3.05, 3.63) is 90.0 Å². The molecule has 34 heavy (non-hydrogen) atoms. The van der Waals surface area contributed by atoms with Gasteiger partial charge in [0.2, 0.25) is 0 Å². The fraction of sp³-hybridized carbons (Fsp3) is 0.296. The van der Waals surface area contributed by atoms with Crippen molar-refractivity contribution in [2.24, 2.45) is 0 Å². The third-order valence-corrected chi connectivity index (χ3v) is 5.55. The molecule has 1 aliphatic heterocycles. The van der Waals surface area contributed by atoms with E-state index < -0.39 is 12.1 Å². The van der Waals surface area contributed by atoms with Crippen LogP contribution in [0.15, 0.2) is 78.9 Å². The molecule has 0 spiro atoms. The average molecular weight is 470 g/mol. The van der Waals surface area contributed by atoms with Gasteiger partial charge in [0.25, 0.3) is 0 Å². The van der Waals surface area contributed by atoms with Gasteiger partial charge in [-0.2, -0.15) is 0 Å². The Morgan fingerprint density at radius 2 is 1.74 bits per heavy atom. The van der Waals surface area contributed by atoms with Crippen molar-refractivity contribution in [1.29, 1.82) is 0 Å². The molecule has 6 nitrogen and oxygen atoms in total. The number of aliphatic carboxylic acids is 1. The van der Waals surface area contributed by atoms with Crippen LogP contribution in [0.2, 0.25) is 0 Å². The molecule has 4 rings (SSSR count). The number of hydrogen-bond acceptors (Lipinski definition) is 6. The van der Waals surface area contributed by atoms with E-state index in [1.807, 2.05) is 48.5 Å². The first kappa shape index (κ1) is 26.1. The summed E-state index contributed by atoms with van der Waals surface area (Å²) in [5.74, 6) is 0.358. The molecule has 0 saturated carbocycles. The molecule has 0 bridgehead atoms. The largest absolute Gasteiger partial charge is 1.00 e. The minimum atomic E-state index is -1.20. The first-order chi connectivity index (χ1) is 16.1. The number of carbonyl (C=O) groups excluding carboxylic acids is 1. The summed E-state index contributed by atoms with van der Waals surface area (Å²) in [6, 6.07) is 25.8. The molecule has 7 heteroatoms. The molecule has 0 fully saturated rings. The second-order valence-electron chi connectivity index (χ2n) is 8.00. The van der Waals surface area contributed by atoms with Gasteiger partial charge in [0.1, 0.15) is 24.2 Å². The molecule has 3 aromatic rings. The van der Waals surface area contributed by atoms with Crippen LogP contribution < -0.4 is 49.0 Å². The van der Waals surface area contributed by atoms with Crippen molar-refractivity contribution in [2.75, 3.05) is 24.7 Å². The van der Waals surface area contributed by atoms with Crippen LogP contribution in [0.25, 0.3) is 0 Å². The number of carboxylic acids is 1. The molecule has 2 unspecified atom stereocenters. The van der Waals surface area contributed by atoms with E-state index in [4.69, 9.17) is 14.2 Å². The van der Waals surface area contributed by atoms with E-state index in [9.17, 15) is 9.90 Å². The van der Waals surface area contributed by atoms with Gasteiger partial charge < -0.3 is 29.0 Å². The third-order valence-electron chi connectivity index (χ3n) is 5.55. The number of anilines is 1. The van der Waals surface area contributed by atoms with Crippen molar-refractivity contribution in [3.8, 4) is 11.5 Å². The predicted octanol–water partition coefficient (Wildman–Crippen LogP) is 0.235. The second-order valence-corrected chi connectivity index (χ2v) is 8.00. The summed E-state index contributed by atoms with van der Waals surface area (Å²) < 4.78 is 17.4. The molecule has 3 aromatic carbocycles. The Morgan fingerprint density at radius 3 is 2.44 bits per heavy atom. The van der Waals surface area contributed by atoms with E-state index >= 15 is 0 Å². The minimum Gasteiger partial charge on any atom is -0.547 e. The Morgan fingerprint density at radius 1 is 1.03 bits per heavy atom. The van der Waals surface area contributed by atoms with Crippen molar-refractivity contribution in [1.82, 2.24) is 0 Å². The van der Waals surface area contributed by atoms with E-state index in [0.29, 0.717) is 25.5 Å². The zero-order valence-electron chi connectivity index (χ0n) is 19.7. The van der Waals surface area contributed by atoms with Crippen molar-refractivity contribution >= 4 is 11.7 Å². The van der Waals surface area contributed by atoms with Crippen LogP contribution in [0.3, 0.4) is 0 Å². The topological polar surface area (TPSA) is 71.1 Å². The summed E-state index contributed by atoms with van der Waals surface area (Å²) in [6.07, 6.45) is -0.815. The Kier molecular flexibility index (Phi) is 9.84. The van der Waals surface area contributed by atoms with Gasteiger partial charge in [-0.1, -0.05) is 54.6 Å². The molecule has 172 valence electrons. The van der Waals surface area contributed by atoms with Gasteiger partial charge in [0.05, 0.1) is 18.2 Å². The number of hydrogen-bond donors (Lipinski definition) is 0. The van der Waals surface area contributed by atoms with Gasteiger partial charge in [-0.3, -0.25) is 0 Å². The Hall–Kier alpha value is -2.51. The average Bonchev–Trinajstić information content (AvgIpc) is 2.84. The van der Waals surface area contributed by atoms with Gasteiger partial charge >= 0.3 is 29.6 Å². The summed E-state index contributed by atoms with van der Waals surface area (Å²) >= 11 is 0. The molecule has 2 atom stereocenters. The zero-order chi connectivity index (χ0) is 23.0. The number of carbonyl (C=O) groups is 1. The summed E-state index contributed by atoms with van der Waals surface area (Å²) in [5.41, 5.74) is 3.17. The molecule has 1 aliphatic rings. The van der Waals surface area contributed by atoms with E-state index in [1.54, 1.807) is 6.92 Å². The SMILES string of the molecule is CCOC(Cc1ccc(OCC2CN(Cc3ccccc3)c3ccccc3O2)cc1)C(=O)[O-].[Na+].